The van der Waals surface area contributed by atoms with Crippen LogP contribution in [0.25, 0.3) is 0 Å². The van der Waals surface area contributed by atoms with Crippen LogP contribution in [-0.2, 0) is 0 Å². The number of hydrogen-bond acceptors (Lipinski definition) is 4. The molecule has 1 aromatic rings. The highest BCUT2D eigenvalue weighted by Crippen LogP contribution is 2.21. The monoisotopic (exact) mass is 195 g/mol. The lowest BCUT2D eigenvalue weighted by Crippen LogP contribution is -2.22. The van der Waals surface area contributed by atoms with E-state index in [4.69, 9.17) is 4.74 Å². The predicted octanol–water partition coefficient (Wildman–Crippen LogP) is 2.67. The van der Waals surface area contributed by atoms with Crippen molar-refractivity contribution in [3.63, 3.8) is 0 Å². The maximum Gasteiger partial charge on any atom is 0.120 e. The maximum absolute atomic E-state index is 10.4. The zero-order chi connectivity index (χ0) is 10.8. The molecule has 4 heteroatoms. The van der Waals surface area contributed by atoms with Crippen LogP contribution in [0.15, 0.2) is 24.3 Å². The summed E-state index contributed by atoms with van der Waals surface area (Å²) in [4.78, 5) is 0. The molecular formula is C10H13NO3-2. The molecule has 0 unspecified atom stereocenters. The molecule has 0 aliphatic heterocycles. The van der Waals surface area contributed by atoms with Crippen LogP contribution in [0.3, 0.4) is 0 Å². The number of rotatable bonds is 2. The molecule has 0 fully saturated rings. The van der Waals surface area contributed by atoms with Gasteiger partial charge in [-0.2, -0.15) is 0 Å². The lowest BCUT2D eigenvalue weighted by atomic mass is 10.2. The Morgan fingerprint density at radius 1 is 1.07 bits per heavy atom. The van der Waals surface area contributed by atoms with Crippen LogP contribution >= 0.6 is 0 Å². The third-order valence-electron chi connectivity index (χ3n) is 1.47. The molecule has 0 heterocycles. The van der Waals surface area contributed by atoms with Crippen LogP contribution in [0, 0.1) is 10.4 Å². The summed E-state index contributed by atoms with van der Waals surface area (Å²) in [6.07, 6.45) is 0. The number of benzene rings is 1. The van der Waals surface area contributed by atoms with Gasteiger partial charge < -0.3 is 20.4 Å². The van der Waals surface area contributed by atoms with Crippen molar-refractivity contribution in [2.24, 2.45) is 0 Å². The first kappa shape index (κ1) is 10.8. The Morgan fingerprint density at radius 2 is 1.57 bits per heavy atom. The number of nitrogens with zero attached hydrogens (tertiary/aromatic N) is 1. The highest BCUT2D eigenvalue weighted by Gasteiger charge is 2.10. The standard InChI is InChI=1S/C10H13NO3/c1-10(2,3)14-9-6-4-8(5-7-9)11(12)13/h4-7H,1-3H3/q-2. The van der Waals surface area contributed by atoms with Crippen molar-refractivity contribution < 1.29 is 4.74 Å². The molecule has 1 aromatic carbocycles. The van der Waals surface area contributed by atoms with E-state index in [0.717, 1.165) is 0 Å². The van der Waals surface area contributed by atoms with Gasteiger partial charge in [-0.1, -0.05) is 0 Å². The second-order valence-corrected chi connectivity index (χ2v) is 3.97. The maximum atomic E-state index is 10.4. The van der Waals surface area contributed by atoms with Gasteiger partial charge in [-0.15, -0.1) is 0 Å². The Morgan fingerprint density at radius 3 is 1.93 bits per heavy atom. The molecule has 0 amide bonds. The van der Waals surface area contributed by atoms with Gasteiger partial charge in [-0.05, 0) is 45.0 Å². The molecule has 78 valence electrons. The summed E-state index contributed by atoms with van der Waals surface area (Å²) >= 11 is 0. The summed E-state index contributed by atoms with van der Waals surface area (Å²) < 4.78 is 5.51. The topological polar surface area (TPSA) is 58.6 Å². The molecule has 0 saturated carbocycles. The Labute approximate surface area is 83.3 Å². The summed E-state index contributed by atoms with van der Waals surface area (Å²) in [5, 5.41) is 20.3. The van der Waals surface area contributed by atoms with Gasteiger partial charge in [0.15, 0.2) is 0 Å². The molecule has 4 nitrogen and oxygen atoms in total. The fraction of sp³-hybridized carbons (Fsp3) is 0.400. The van der Waals surface area contributed by atoms with Crippen LogP contribution in [0.1, 0.15) is 20.8 Å². The summed E-state index contributed by atoms with van der Waals surface area (Å²) in [6, 6.07) is 6.06. The average molecular weight is 195 g/mol. The third kappa shape index (κ3) is 3.24. The quantitative estimate of drug-likeness (QED) is 0.680. The molecule has 1 rings (SSSR count). The smallest absolute Gasteiger partial charge is 0.120 e. The Bertz CT molecular complexity index is 287. The number of ether oxygens (including phenoxy) is 1. The normalized spacial score (nSPS) is 11.2. The molecule has 0 radical (unpaired) electrons. The minimum absolute atomic E-state index is 0.0752. The molecule has 0 atom stereocenters. The van der Waals surface area contributed by atoms with Crippen LogP contribution < -0.4 is 9.96 Å². The second kappa shape index (κ2) is 3.86. The summed E-state index contributed by atoms with van der Waals surface area (Å²) in [5.74, 6) is 0.642. The minimum atomic E-state index is -0.430. The van der Waals surface area contributed by atoms with Gasteiger partial charge in [-0.3, -0.25) is 0 Å². The first-order valence-corrected chi connectivity index (χ1v) is 4.32. The molecular weight excluding hydrogens is 182 g/mol. The first-order valence-electron chi connectivity index (χ1n) is 4.32. The molecule has 0 aliphatic rings. The molecule has 14 heavy (non-hydrogen) atoms. The Hall–Kier alpha value is -1.26. The van der Waals surface area contributed by atoms with E-state index in [-0.39, 0.29) is 11.3 Å². The van der Waals surface area contributed by atoms with E-state index in [1.807, 2.05) is 20.8 Å². The van der Waals surface area contributed by atoms with E-state index >= 15 is 0 Å². The van der Waals surface area contributed by atoms with E-state index in [2.05, 4.69) is 0 Å². The van der Waals surface area contributed by atoms with Gasteiger partial charge in [0, 0.05) is 5.69 Å². The number of anilines is 1. The van der Waals surface area contributed by atoms with E-state index in [9.17, 15) is 10.4 Å². The second-order valence-electron chi connectivity index (χ2n) is 3.97. The zero-order valence-electron chi connectivity index (χ0n) is 8.48. The Kier molecular flexibility index (Phi) is 2.98. The van der Waals surface area contributed by atoms with Crippen LogP contribution in [0.4, 0.5) is 5.69 Å². The van der Waals surface area contributed by atoms with Crippen molar-refractivity contribution in [1.29, 1.82) is 0 Å². The van der Waals surface area contributed by atoms with Crippen molar-refractivity contribution in [1.82, 2.24) is 0 Å². The SMILES string of the molecule is CC(C)(C)Oc1ccc(N([O-])[O-])cc1. The third-order valence-corrected chi connectivity index (χ3v) is 1.47. The van der Waals surface area contributed by atoms with Gasteiger partial charge in [-0.25, -0.2) is 0 Å². The molecule has 0 N–H and O–H groups in total. The van der Waals surface area contributed by atoms with Gasteiger partial charge >= 0.3 is 0 Å². The molecule has 0 aromatic heterocycles. The van der Waals surface area contributed by atoms with E-state index in [0.29, 0.717) is 5.75 Å². The minimum Gasteiger partial charge on any atom is -0.769 e. The van der Waals surface area contributed by atoms with Crippen molar-refractivity contribution in [2.75, 3.05) is 5.23 Å². The summed E-state index contributed by atoms with van der Waals surface area (Å²) in [7, 11) is 0. The first-order chi connectivity index (χ1) is 6.38. The predicted molar refractivity (Wildman–Crippen MR) is 56.0 cm³/mol. The Balaban J connectivity index is 2.74. The fourth-order valence-corrected chi connectivity index (χ4v) is 0.989. The van der Waals surface area contributed by atoms with Crippen molar-refractivity contribution in [3.05, 3.63) is 34.7 Å². The fourth-order valence-electron chi connectivity index (χ4n) is 0.989. The largest absolute Gasteiger partial charge is 0.769 e. The van der Waals surface area contributed by atoms with Crippen molar-refractivity contribution in [2.45, 2.75) is 26.4 Å². The van der Waals surface area contributed by atoms with E-state index in [1.54, 1.807) is 12.1 Å². The lowest BCUT2D eigenvalue weighted by molar-refractivity contribution is 0.131. The van der Waals surface area contributed by atoms with Gasteiger partial charge in [0.25, 0.3) is 0 Å². The highest BCUT2D eigenvalue weighted by molar-refractivity contribution is 5.50. The van der Waals surface area contributed by atoms with Gasteiger partial charge in [0.05, 0.1) is 0 Å². The summed E-state index contributed by atoms with van der Waals surface area (Å²) in [6.45, 7) is 5.78. The van der Waals surface area contributed by atoms with Crippen LogP contribution in [-0.4, -0.2) is 5.60 Å². The van der Waals surface area contributed by atoms with Gasteiger partial charge in [0.2, 0.25) is 0 Å². The molecule has 0 spiro atoms. The van der Waals surface area contributed by atoms with Crippen LogP contribution in [0.2, 0.25) is 0 Å². The van der Waals surface area contributed by atoms with E-state index < -0.39 is 5.23 Å². The van der Waals surface area contributed by atoms with Gasteiger partial charge in [0.1, 0.15) is 11.4 Å². The number of hydrogen-bond donors (Lipinski definition) is 0. The highest BCUT2D eigenvalue weighted by atomic mass is 16.8. The molecule has 0 bridgehead atoms. The zero-order valence-corrected chi connectivity index (χ0v) is 8.48. The molecule has 0 aliphatic carbocycles. The lowest BCUT2D eigenvalue weighted by Gasteiger charge is -2.37. The van der Waals surface area contributed by atoms with Crippen LogP contribution in [0.5, 0.6) is 5.75 Å². The van der Waals surface area contributed by atoms with Crippen molar-refractivity contribution in [3.8, 4) is 5.75 Å². The summed E-state index contributed by atoms with van der Waals surface area (Å²) in [5.41, 5.74) is -0.206. The molecule has 0 saturated heterocycles. The van der Waals surface area contributed by atoms with E-state index in [1.165, 1.54) is 12.1 Å². The van der Waals surface area contributed by atoms with Crippen molar-refractivity contribution >= 4 is 5.69 Å². The average Bonchev–Trinajstić information content (AvgIpc) is 2.02.